The number of amides is 2. The molecule has 8 nitrogen and oxygen atoms in total. The van der Waals surface area contributed by atoms with Crippen LogP contribution in [0.2, 0.25) is 0 Å². The number of likely N-dealkylation sites (N-methyl/N-ethyl adjacent to an activating group) is 1. The van der Waals surface area contributed by atoms with Gasteiger partial charge in [-0.25, -0.2) is 4.99 Å². The van der Waals surface area contributed by atoms with Crippen molar-refractivity contribution >= 4 is 53.1 Å². The standard InChI is InChI=1S/C21H34N6O2S.HI/c1-17(20(29)26-8-4-5-9-26)25-10-12-27(13-11-25)21(23-16-19(28)24(2)3)22-15-18-7-6-14-30-18;/h6-7,14,17H,4-5,8-13,15-16H2,1-3H3,(H,22,23);1H. The SMILES string of the molecule is CC(C(=O)N1CCCC1)N1CCN(C(=NCC(=O)N(C)C)NCc2cccs2)CC1.I. The number of aliphatic imine (C=N–C) groups is 1. The van der Waals surface area contributed by atoms with Crippen LogP contribution in [0.1, 0.15) is 24.6 Å². The Kier molecular flexibility index (Phi) is 10.5. The minimum atomic E-state index is -0.0833. The lowest BCUT2D eigenvalue weighted by Gasteiger charge is -2.39. The molecule has 1 atom stereocenters. The highest BCUT2D eigenvalue weighted by molar-refractivity contribution is 14.0. The van der Waals surface area contributed by atoms with Crippen LogP contribution in [0, 0.1) is 0 Å². The smallest absolute Gasteiger partial charge is 0.243 e. The lowest BCUT2D eigenvalue weighted by Crippen LogP contribution is -2.57. The number of likely N-dealkylation sites (tertiary alicyclic amines) is 1. The third-order valence-corrected chi connectivity index (χ3v) is 6.68. The summed E-state index contributed by atoms with van der Waals surface area (Å²) < 4.78 is 0. The zero-order chi connectivity index (χ0) is 21.5. The molecule has 1 aromatic heterocycles. The molecular formula is C21H35IN6O2S. The summed E-state index contributed by atoms with van der Waals surface area (Å²) in [6.45, 7) is 7.81. The number of carbonyl (C=O) groups excluding carboxylic acids is 2. The summed E-state index contributed by atoms with van der Waals surface area (Å²) >= 11 is 1.70. The first-order valence-electron chi connectivity index (χ1n) is 10.7. The molecule has 10 heteroatoms. The Morgan fingerprint density at radius 1 is 1.13 bits per heavy atom. The lowest BCUT2D eigenvalue weighted by atomic mass is 10.2. The first kappa shape index (κ1) is 25.9. The molecule has 174 valence electrons. The Morgan fingerprint density at radius 2 is 1.81 bits per heavy atom. The fraction of sp³-hybridized carbons (Fsp3) is 0.667. The van der Waals surface area contributed by atoms with Gasteiger partial charge in [-0.2, -0.15) is 0 Å². The van der Waals surface area contributed by atoms with Gasteiger partial charge in [0, 0.05) is 58.2 Å². The zero-order valence-corrected chi connectivity index (χ0v) is 21.9. The maximum atomic E-state index is 12.7. The van der Waals surface area contributed by atoms with Crippen molar-refractivity contribution in [3.8, 4) is 0 Å². The van der Waals surface area contributed by atoms with Gasteiger partial charge in [0.1, 0.15) is 6.54 Å². The second-order valence-corrected chi connectivity index (χ2v) is 9.12. The first-order valence-corrected chi connectivity index (χ1v) is 11.6. The maximum Gasteiger partial charge on any atom is 0.243 e. The van der Waals surface area contributed by atoms with Gasteiger partial charge in [0.05, 0.1) is 12.6 Å². The monoisotopic (exact) mass is 562 g/mol. The molecule has 2 aliphatic heterocycles. The molecule has 1 unspecified atom stereocenters. The second-order valence-electron chi connectivity index (χ2n) is 8.09. The van der Waals surface area contributed by atoms with Crippen LogP contribution in [0.5, 0.6) is 0 Å². The molecule has 2 fully saturated rings. The van der Waals surface area contributed by atoms with Crippen LogP contribution in [-0.4, -0.2) is 103 Å². The van der Waals surface area contributed by atoms with Crippen molar-refractivity contribution in [3.05, 3.63) is 22.4 Å². The number of nitrogens with zero attached hydrogens (tertiary/aromatic N) is 5. The van der Waals surface area contributed by atoms with Crippen LogP contribution in [-0.2, 0) is 16.1 Å². The van der Waals surface area contributed by atoms with Crippen molar-refractivity contribution in [2.24, 2.45) is 4.99 Å². The van der Waals surface area contributed by atoms with Crippen LogP contribution < -0.4 is 5.32 Å². The number of nitrogens with one attached hydrogen (secondary N) is 1. The van der Waals surface area contributed by atoms with E-state index in [1.807, 2.05) is 17.9 Å². The number of rotatable bonds is 6. The predicted octanol–water partition coefficient (Wildman–Crippen LogP) is 1.53. The van der Waals surface area contributed by atoms with Gasteiger partial charge in [0.15, 0.2) is 5.96 Å². The fourth-order valence-electron chi connectivity index (χ4n) is 3.81. The molecule has 0 aliphatic carbocycles. The molecular weight excluding hydrogens is 527 g/mol. The average Bonchev–Trinajstić information content (AvgIpc) is 3.47. The minimum Gasteiger partial charge on any atom is -0.351 e. The van der Waals surface area contributed by atoms with Crippen molar-refractivity contribution in [1.82, 2.24) is 24.9 Å². The van der Waals surface area contributed by atoms with E-state index < -0.39 is 0 Å². The molecule has 1 aromatic rings. The van der Waals surface area contributed by atoms with Gasteiger partial charge in [-0.05, 0) is 31.2 Å². The van der Waals surface area contributed by atoms with Crippen LogP contribution in [0.15, 0.2) is 22.5 Å². The van der Waals surface area contributed by atoms with Crippen LogP contribution in [0.25, 0.3) is 0 Å². The summed E-state index contributed by atoms with van der Waals surface area (Å²) in [6.07, 6.45) is 2.24. The Bertz CT molecular complexity index is 728. The summed E-state index contributed by atoms with van der Waals surface area (Å²) in [4.78, 5) is 38.6. The van der Waals surface area contributed by atoms with Crippen molar-refractivity contribution in [2.45, 2.75) is 32.4 Å². The molecule has 3 rings (SSSR count). The number of hydrogen-bond donors (Lipinski definition) is 1. The Morgan fingerprint density at radius 3 is 2.39 bits per heavy atom. The summed E-state index contributed by atoms with van der Waals surface area (Å²) in [5.74, 6) is 0.993. The van der Waals surface area contributed by atoms with Gasteiger partial charge in [-0.15, -0.1) is 35.3 Å². The van der Waals surface area contributed by atoms with Crippen molar-refractivity contribution in [3.63, 3.8) is 0 Å². The molecule has 0 spiro atoms. The maximum absolute atomic E-state index is 12.7. The minimum absolute atomic E-state index is 0. The highest BCUT2D eigenvalue weighted by Gasteiger charge is 2.30. The molecule has 0 bridgehead atoms. The Labute approximate surface area is 206 Å². The predicted molar refractivity (Wildman–Crippen MR) is 136 cm³/mol. The van der Waals surface area contributed by atoms with E-state index in [1.165, 1.54) is 4.88 Å². The lowest BCUT2D eigenvalue weighted by molar-refractivity contribution is -0.135. The summed E-state index contributed by atoms with van der Waals surface area (Å²) in [5, 5.41) is 5.48. The average molecular weight is 563 g/mol. The van der Waals surface area contributed by atoms with Crippen molar-refractivity contribution in [2.75, 3.05) is 59.9 Å². The molecule has 1 N–H and O–H groups in total. The van der Waals surface area contributed by atoms with Crippen molar-refractivity contribution in [1.29, 1.82) is 0 Å². The van der Waals surface area contributed by atoms with E-state index in [0.717, 1.165) is 58.1 Å². The normalized spacial score (nSPS) is 18.5. The molecule has 2 amide bonds. The number of piperazine rings is 1. The van der Waals surface area contributed by atoms with Gasteiger partial charge < -0.3 is 20.0 Å². The highest BCUT2D eigenvalue weighted by Crippen LogP contribution is 2.14. The van der Waals surface area contributed by atoms with Crippen LogP contribution in [0.4, 0.5) is 0 Å². The van der Waals surface area contributed by atoms with Crippen LogP contribution in [0.3, 0.4) is 0 Å². The number of halogens is 1. The third kappa shape index (κ3) is 7.31. The van der Waals surface area contributed by atoms with E-state index in [-0.39, 0.29) is 48.4 Å². The van der Waals surface area contributed by atoms with Gasteiger partial charge in [0.25, 0.3) is 0 Å². The van der Waals surface area contributed by atoms with E-state index in [1.54, 1.807) is 30.3 Å². The van der Waals surface area contributed by atoms with Gasteiger partial charge in [0.2, 0.25) is 11.8 Å². The molecule has 2 aliphatic rings. The van der Waals surface area contributed by atoms with E-state index in [0.29, 0.717) is 6.54 Å². The molecule has 0 saturated carbocycles. The number of thiophene rings is 1. The largest absolute Gasteiger partial charge is 0.351 e. The van der Waals surface area contributed by atoms with E-state index in [9.17, 15) is 9.59 Å². The summed E-state index contributed by atoms with van der Waals surface area (Å²) in [7, 11) is 3.49. The summed E-state index contributed by atoms with van der Waals surface area (Å²) in [5.41, 5.74) is 0. The Balaban J connectivity index is 0.00000341. The highest BCUT2D eigenvalue weighted by atomic mass is 127. The number of carbonyl (C=O) groups is 2. The fourth-order valence-corrected chi connectivity index (χ4v) is 4.45. The second kappa shape index (κ2) is 12.6. The topological polar surface area (TPSA) is 71.5 Å². The van der Waals surface area contributed by atoms with E-state index >= 15 is 0 Å². The summed E-state index contributed by atoms with van der Waals surface area (Å²) in [6, 6.07) is 4.04. The molecule has 31 heavy (non-hydrogen) atoms. The van der Waals surface area contributed by atoms with Gasteiger partial charge >= 0.3 is 0 Å². The Hall–Kier alpha value is -1.40. The quantitative estimate of drug-likeness (QED) is 0.324. The van der Waals surface area contributed by atoms with Gasteiger partial charge in [-0.3, -0.25) is 14.5 Å². The number of hydrogen-bond acceptors (Lipinski definition) is 5. The van der Waals surface area contributed by atoms with E-state index in [4.69, 9.17) is 0 Å². The van der Waals surface area contributed by atoms with Crippen molar-refractivity contribution < 1.29 is 9.59 Å². The van der Waals surface area contributed by atoms with Crippen LogP contribution >= 0.6 is 35.3 Å². The molecule has 0 radical (unpaired) electrons. The molecule has 0 aromatic carbocycles. The first-order chi connectivity index (χ1) is 14.5. The third-order valence-electron chi connectivity index (χ3n) is 5.80. The number of guanidine groups is 1. The molecule has 3 heterocycles. The van der Waals surface area contributed by atoms with Gasteiger partial charge in [-0.1, -0.05) is 6.07 Å². The van der Waals surface area contributed by atoms with E-state index in [2.05, 4.69) is 31.6 Å². The molecule has 2 saturated heterocycles. The zero-order valence-electron chi connectivity index (χ0n) is 18.7.